The lowest BCUT2D eigenvalue weighted by atomic mass is 10.0. The molecular formula is C18H30N4O2. The third-order valence-electron chi connectivity index (χ3n) is 4.43. The van der Waals surface area contributed by atoms with Crippen LogP contribution in [0.15, 0.2) is 18.6 Å². The number of piperidine rings is 1. The summed E-state index contributed by atoms with van der Waals surface area (Å²) in [5.74, 6) is 0. The molecule has 6 heteroatoms. The number of nitrogens with zero attached hydrogens (tertiary/aromatic N) is 4. The molecule has 2 rings (SSSR count). The summed E-state index contributed by atoms with van der Waals surface area (Å²) in [5.41, 5.74) is 0.484. The van der Waals surface area contributed by atoms with Crippen molar-refractivity contribution in [2.24, 2.45) is 0 Å². The Kier molecular flexibility index (Phi) is 6.15. The Morgan fingerprint density at radius 2 is 2.17 bits per heavy atom. The third-order valence-corrected chi connectivity index (χ3v) is 4.43. The molecule has 1 amide bonds. The minimum absolute atomic E-state index is 0.154. The monoisotopic (exact) mass is 334 g/mol. The Balaban J connectivity index is 2.01. The van der Waals surface area contributed by atoms with Crippen LogP contribution in [0.3, 0.4) is 0 Å². The van der Waals surface area contributed by atoms with Crippen LogP contribution in [0, 0.1) is 0 Å². The van der Waals surface area contributed by atoms with Crippen molar-refractivity contribution in [2.75, 3.05) is 20.1 Å². The van der Waals surface area contributed by atoms with Crippen LogP contribution in [0.1, 0.15) is 58.7 Å². The number of rotatable bonds is 4. The maximum atomic E-state index is 12.5. The molecule has 6 nitrogen and oxygen atoms in total. The van der Waals surface area contributed by atoms with E-state index in [-0.39, 0.29) is 18.2 Å². The number of carbonyl (C=O) groups is 1. The lowest BCUT2D eigenvalue weighted by molar-refractivity contribution is 0.00458. The molecule has 2 heterocycles. The molecule has 24 heavy (non-hydrogen) atoms. The molecule has 1 fully saturated rings. The third kappa shape index (κ3) is 5.16. The molecule has 0 radical (unpaired) electrons. The van der Waals surface area contributed by atoms with Crippen LogP contribution in [0.2, 0.25) is 0 Å². The van der Waals surface area contributed by atoms with Crippen molar-refractivity contribution >= 4 is 6.09 Å². The molecule has 0 N–H and O–H groups in total. The van der Waals surface area contributed by atoms with Crippen molar-refractivity contribution in [3.05, 3.63) is 24.3 Å². The number of hydrogen-bond donors (Lipinski definition) is 0. The highest BCUT2D eigenvalue weighted by Gasteiger charge is 2.31. The molecule has 0 aromatic carbocycles. The lowest BCUT2D eigenvalue weighted by Crippen LogP contribution is -2.50. The van der Waals surface area contributed by atoms with Crippen molar-refractivity contribution < 1.29 is 9.53 Å². The predicted octanol–water partition coefficient (Wildman–Crippen LogP) is 3.26. The van der Waals surface area contributed by atoms with Gasteiger partial charge in [0.1, 0.15) is 5.60 Å². The molecule has 0 aliphatic carbocycles. The molecule has 2 atom stereocenters. The maximum Gasteiger partial charge on any atom is 0.410 e. The second-order valence-electron chi connectivity index (χ2n) is 7.57. The highest BCUT2D eigenvalue weighted by molar-refractivity contribution is 5.68. The van der Waals surface area contributed by atoms with Crippen LogP contribution in [-0.2, 0) is 4.74 Å². The van der Waals surface area contributed by atoms with Crippen molar-refractivity contribution in [1.29, 1.82) is 0 Å². The number of likely N-dealkylation sites (N-methyl/N-ethyl adjacent to an activating group) is 1. The molecule has 1 aromatic heterocycles. The Bertz CT molecular complexity index is 530. The Hall–Kier alpha value is -1.69. The minimum Gasteiger partial charge on any atom is -0.444 e. The number of carbonyl (C=O) groups excluding carboxylic acids is 1. The van der Waals surface area contributed by atoms with Crippen LogP contribution < -0.4 is 0 Å². The summed E-state index contributed by atoms with van der Waals surface area (Å²) in [6.45, 7) is 9.42. The van der Waals surface area contributed by atoms with Gasteiger partial charge in [0.15, 0.2) is 0 Å². The minimum atomic E-state index is -0.460. The highest BCUT2D eigenvalue weighted by atomic mass is 16.6. The summed E-state index contributed by atoms with van der Waals surface area (Å²) in [4.78, 5) is 25.2. The van der Waals surface area contributed by atoms with Gasteiger partial charge in [-0.2, -0.15) is 0 Å². The van der Waals surface area contributed by atoms with E-state index in [2.05, 4.69) is 28.8 Å². The molecule has 1 aliphatic rings. The normalized spacial score (nSPS) is 20.1. The van der Waals surface area contributed by atoms with E-state index in [0.717, 1.165) is 38.0 Å². The van der Waals surface area contributed by atoms with Gasteiger partial charge >= 0.3 is 6.09 Å². The van der Waals surface area contributed by atoms with Crippen molar-refractivity contribution in [3.63, 3.8) is 0 Å². The van der Waals surface area contributed by atoms with Crippen LogP contribution >= 0.6 is 0 Å². The SMILES string of the molecule is C[C@@H](c1cnccn1)N(C)C[C@@H]1CCCCN1C(=O)OC(C)(C)C. The van der Waals surface area contributed by atoms with E-state index in [4.69, 9.17) is 4.74 Å². The number of likely N-dealkylation sites (tertiary alicyclic amines) is 1. The zero-order valence-corrected chi connectivity index (χ0v) is 15.5. The first kappa shape index (κ1) is 18.6. The fourth-order valence-electron chi connectivity index (χ4n) is 2.99. The number of hydrogen-bond acceptors (Lipinski definition) is 5. The predicted molar refractivity (Wildman–Crippen MR) is 93.7 cm³/mol. The van der Waals surface area contributed by atoms with Gasteiger partial charge in [-0.05, 0) is 54.0 Å². The first-order chi connectivity index (χ1) is 11.3. The highest BCUT2D eigenvalue weighted by Crippen LogP contribution is 2.23. The molecular weight excluding hydrogens is 304 g/mol. The summed E-state index contributed by atoms with van der Waals surface area (Å²) in [6.07, 6.45) is 8.20. The molecule has 0 spiro atoms. The Labute approximate surface area is 145 Å². The van der Waals surface area contributed by atoms with Gasteiger partial charge in [-0.1, -0.05) is 0 Å². The van der Waals surface area contributed by atoms with E-state index < -0.39 is 5.60 Å². The molecule has 0 saturated carbocycles. The van der Waals surface area contributed by atoms with Crippen molar-refractivity contribution in [1.82, 2.24) is 19.8 Å². The first-order valence-corrected chi connectivity index (χ1v) is 8.73. The quantitative estimate of drug-likeness (QED) is 0.846. The largest absolute Gasteiger partial charge is 0.444 e. The Morgan fingerprint density at radius 1 is 1.42 bits per heavy atom. The van der Waals surface area contributed by atoms with E-state index in [1.165, 1.54) is 0 Å². The van der Waals surface area contributed by atoms with Crippen LogP contribution in [0.4, 0.5) is 4.79 Å². The number of ether oxygens (including phenoxy) is 1. The topological polar surface area (TPSA) is 58.6 Å². The lowest BCUT2D eigenvalue weighted by Gasteiger charge is -2.39. The van der Waals surface area contributed by atoms with Crippen LogP contribution in [-0.4, -0.2) is 57.6 Å². The molecule has 1 aromatic rings. The van der Waals surface area contributed by atoms with E-state index >= 15 is 0 Å². The summed E-state index contributed by atoms with van der Waals surface area (Å²) in [7, 11) is 2.07. The smallest absolute Gasteiger partial charge is 0.410 e. The van der Waals surface area contributed by atoms with E-state index in [9.17, 15) is 4.79 Å². The summed E-state index contributed by atoms with van der Waals surface area (Å²) in [5, 5.41) is 0. The van der Waals surface area contributed by atoms with Gasteiger partial charge in [0.05, 0.1) is 11.7 Å². The van der Waals surface area contributed by atoms with Crippen LogP contribution in [0.25, 0.3) is 0 Å². The van der Waals surface area contributed by atoms with Crippen LogP contribution in [0.5, 0.6) is 0 Å². The van der Waals surface area contributed by atoms with Gasteiger partial charge in [-0.15, -0.1) is 0 Å². The fourth-order valence-corrected chi connectivity index (χ4v) is 2.99. The van der Waals surface area contributed by atoms with Gasteiger partial charge in [0.25, 0.3) is 0 Å². The number of amides is 1. The average molecular weight is 334 g/mol. The first-order valence-electron chi connectivity index (χ1n) is 8.73. The second-order valence-corrected chi connectivity index (χ2v) is 7.57. The van der Waals surface area contributed by atoms with Gasteiger partial charge in [0, 0.05) is 37.7 Å². The standard InChI is InChI=1S/C18H30N4O2/c1-14(16-12-19-9-10-20-16)21(5)13-15-8-6-7-11-22(15)17(23)24-18(2,3)4/h9-10,12,14-15H,6-8,11,13H2,1-5H3/t14-,15-/m0/s1. The zero-order valence-electron chi connectivity index (χ0n) is 15.5. The summed E-state index contributed by atoms with van der Waals surface area (Å²) in [6, 6.07) is 0.332. The van der Waals surface area contributed by atoms with Crippen molar-refractivity contribution in [2.45, 2.75) is 64.6 Å². The van der Waals surface area contributed by atoms with E-state index in [1.807, 2.05) is 25.7 Å². The molecule has 134 valence electrons. The maximum absolute atomic E-state index is 12.5. The van der Waals surface area contributed by atoms with Gasteiger partial charge in [0.2, 0.25) is 0 Å². The second kappa shape index (κ2) is 7.92. The zero-order chi connectivity index (χ0) is 17.7. The molecule has 1 saturated heterocycles. The Morgan fingerprint density at radius 3 is 2.79 bits per heavy atom. The van der Waals surface area contributed by atoms with Gasteiger partial charge in [-0.3, -0.25) is 14.9 Å². The average Bonchev–Trinajstić information content (AvgIpc) is 2.53. The van der Waals surface area contributed by atoms with E-state index in [0.29, 0.717) is 0 Å². The van der Waals surface area contributed by atoms with Gasteiger partial charge < -0.3 is 9.64 Å². The molecule has 0 bridgehead atoms. The molecule has 0 unspecified atom stereocenters. The summed E-state index contributed by atoms with van der Waals surface area (Å²) >= 11 is 0. The van der Waals surface area contributed by atoms with Gasteiger partial charge in [-0.25, -0.2) is 4.79 Å². The molecule has 1 aliphatic heterocycles. The number of aromatic nitrogens is 2. The van der Waals surface area contributed by atoms with E-state index in [1.54, 1.807) is 18.6 Å². The summed E-state index contributed by atoms with van der Waals surface area (Å²) < 4.78 is 5.58. The van der Waals surface area contributed by atoms with Crippen molar-refractivity contribution in [3.8, 4) is 0 Å². The fraction of sp³-hybridized carbons (Fsp3) is 0.722.